The van der Waals surface area contributed by atoms with Gasteiger partial charge in [-0.2, -0.15) is 0 Å². The second kappa shape index (κ2) is 15.7. The molecule has 8 rings (SSSR count). The normalized spacial score (nSPS) is 31.8. The zero-order chi connectivity index (χ0) is 41.1. The quantitative estimate of drug-likeness (QED) is 0.103. The molecule has 0 bridgehead atoms. The summed E-state index contributed by atoms with van der Waals surface area (Å²) in [6.07, 6.45) is -0.681. The number of aromatic hydroxyl groups is 2. The van der Waals surface area contributed by atoms with Crippen LogP contribution >= 0.6 is 0 Å². The summed E-state index contributed by atoms with van der Waals surface area (Å²) in [5, 5.41) is 77.7. The molecule has 0 aromatic heterocycles. The Morgan fingerprint density at radius 2 is 1.83 bits per heavy atom. The zero-order valence-corrected chi connectivity index (χ0v) is 32.7. The average Bonchev–Trinajstić information content (AvgIpc) is 3.59. The van der Waals surface area contributed by atoms with Gasteiger partial charge in [0.15, 0.2) is 5.78 Å². The summed E-state index contributed by atoms with van der Waals surface area (Å²) in [6.45, 7) is 4.38. The molecule has 13 heteroatoms. The number of aliphatic hydroxyl groups excluding tert-OH is 4. The molecule has 0 unspecified atom stereocenters. The van der Waals surface area contributed by atoms with Crippen LogP contribution in [-0.4, -0.2) is 111 Å². The van der Waals surface area contributed by atoms with Gasteiger partial charge >= 0.3 is 5.97 Å². The van der Waals surface area contributed by atoms with Crippen LogP contribution in [0.25, 0.3) is 10.8 Å². The first-order valence-corrected chi connectivity index (χ1v) is 20.2. The molecule has 0 radical (unpaired) electrons. The van der Waals surface area contributed by atoms with E-state index in [1.165, 1.54) is 12.5 Å². The van der Waals surface area contributed by atoms with Crippen LogP contribution in [0.2, 0.25) is 0 Å². The number of hydrogen-bond acceptors (Lipinski definition) is 12. The van der Waals surface area contributed by atoms with Crippen LogP contribution < -0.4 is 4.74 Å². The second-order valence-corrected chi connectivity index (χ2v) is 16.7. The maximum Gasteiger partial charge on any atom is 0.335 e. The van der Waals surface area contributed by atoms with Crippen molar-refractivity contribution in [3.8, 4) is 17.2 Å². The third-order valence-corrected chi connectivity index (χ3v) is 13.8. The van der Waals surface area contributed by atoms with Gasteiger partial charge in [0.05, 0.1) is 36.3 Å². The lowest BCUT2D eigenvalue weighted by atomic mass is 9.51. The first-order chi connectivity index (χ1) is 27.9. The van der Waals surface area contributed by atoms with E-state index in [1.807, 2.05) is 30.3 Å². The fraction of sp³-hybridized carbons (Fsp3) is 0.511. The highest BCUT2D eigenvalue weighted by molar-refractivity contribution is 6.11. The minimum absolute atomic E-state index is 0.00296. The molecular formula is C45H52O13. The summed E-state index contributed by atoms with van der Waals surface area (Å²) in [5.41, 5.74) is 2.04. The molecule has 3 heterocycles. The average molecular weight is 801 g/mol. The summed E-state index contributed by atoms with van der Waals surface area (Å²) in [4.78, 5) is 26.0. The van der Waals surface area contributed by atoms with E-state index in [9.17, 15) is 45.3 Å². The third-order valence-electron chi connectivity index (χ3n) is 13.8. The first kappa shape index (κ1) is 40.4. The Kier molecular flexibility index (Phi) is 10.9. The summed E-state index contributed by atoms with van der Waals surface area (Å²) in [5.74, 6) is -2.98. The summed E-state index contributed by atoms with van der Waals surface area (Å²) < 4.78 is 25.2. The van der Waals surface area contributed by atoms with Gasteiger partial charge in [0.1, 0.15) is 41.2 Å². The molecule has 3 aromatic carbocycles. The number of fused-ring (bicyclic) bond motifs is 3. The molecule has 13 nitrogen and oxygen atoms in total. The molecule has 2 aliphatic carbocycles. The number of aromatic carboxylic acids is 1. The Bertz CT molecular complexity index is 2160. The Balaban J connectivity index is 1.13. The molecular weight excluding hydrogens is 748 g/mol. The molecule has 0 amide bonds. The van der Waals surface area contributed by atoms with Gasteiger partial charge in [-0.25, -0.2) is 4.79 Å². The Morgan fingerprint density at radius 1 is 1.05 bits per heavy atom. The number of hydrogen-bond donors (Lipinski definition) is 7. The van der Waals surface area contributed by atoms with Gasteiger partial charge in [0.25, 0.3) is 0 Å². The fourth-order valence-electron chi connectivity index (χ4n) is 10.9. The SMILES string of the molecule is Cc1c(C(=O)CCc2ccccc2)c(O)c2c(O[C@H]3O[C@H](CO)[C@@]4(C[C@H]5C6=C(CC=C6[C@]6(CCCO)COCC[C@@H]6[C@H]5C)CO4)[C@H](O)[C@H]3O)cc(C(=O)O)cc2c1O. The van der Waals surface area contributed by atoms with Crippen LogP contribution in [0.15, 0.2) is 65.3 Å². The Morgan fingerprint density at radius 3 is 2.55 bits per heavy atom. The van der Waals surface area contributed by atoms with Gasteiger partial charge in [0, 0.05) is 36.0 Å². The van der Waals surface area contributed by atoms with E-state index in [0.29, 0.717) is 32.5 Å². The van der Waals surface area contributed by atoms with Gasteiger partial charge in [0.2, 0.25) is 6.29 Å². The Hall–Kier alpha value is -4.34. The number of ketones is 1. The molecule has 7 N–H and O–H groups in total. The number of carbonyl (C=O) groups is 2. The second-order valence-electron chi connectivity index (χ2n) is 16.7. The first-order valence-electron chi connectivity index (χ1n) is 20.2. The molecule has 310 valence electrons. The zero-order valence-electron chi connectivity index (χ0n) is 32.7. The summed E-state index contributed by atoms with van der Waals surface area (Å²) >= 11 is 0. The topological polar surface area (TPSA) is 213 Å². The van der Waals surface area contributed by atoms with Crippen molar-refractivity contribution >= 4 is 22.5 Å². The van der Waals surface area contributed by atoms with Crippen LogP contribution in [0.4, 0.5) is 0 Å². The lowest BCUT2D eigenvalue weighted by Gasteiger charge is -2.57. The number of ether oxygens (including phenoxy) is 4. The standard InChI is InChI=1S/C45H52O13/c1-23-29-19-45(56-21-26-10-11-31(36(26)29)44(14-6-15-46)22-55-16-13-30(23)44)34(20-47)58-43(40(51)41(45)52)57-33-18-27(42(53)54)17-28-37(33)39(50)35(24(2)38(28)49)32(48)12-9-25-7-4-3-5-8-25/h3-5,7-8,11,17-18,23,29-30,34,40-41,43,46-47,49-52H,6,9-10,12-16,19-22H2,1-2H3,(H,53,54)/t23-,29+,30+,34+,40+,41+,43-,44+,45-/m0/s1. The number of carboxylic acid groups (broad SMARTS) is 1. The van der Waals surface area contributed by atoms with E-state index in [-0.39, 0.29) is 82.4 Å². The molecule has 9 atom stereocenters. The number of carbonyl (C=O) groups excluding carboxylic acids is 1. The number of Topliss-reactive ketones (excluding diaryl/α,β-unsaturated/α-hetero) is 1. The van der Waals surface area contributed by atoms with Gasteiger partial charge < -0.3 is 54.7 Å². The molecule has 3 aliphatic heterocycles. The molecule has 3 fully saturated rings. The van der Waals surface area contributed by atoms with E-state index in [0.717, 1.165) is 41.7 Å². The monoisotopic (exact) mass is 800 g/mol. The van der Waals surface area contributed by atoms with Crippen molar-refractivity contribution in [2.24, 2.45) is 23.2 Å². The molecule has 5 aliphatic rings. The van der Waals surface area contributed by atoms with E-state index in [1.54, 1.807) is 0 Å². The van der Waals surface area contributed by atoms with Crippen LogP contribution in [-0.2, 0) is 20.6 Å². The molecule has 58 heavy (non-hydrogen) atoms. The number of carboxylic acids is 1. The van der Waals surface area contributed by atoms with Gasteiger partial charge in [-0.1, -0.05) is 43.3 Å². The third kappa shape index (κ3) is 6.42. The van der Waals surface area contributed by atoms with Gasteiger partial charge in [-0.3, -0.25) is 4.79 Å². The number of phenolic OH excluding ortho intramolecular Hbond substituents is 2. The van der Waals surface area contributed by atoms with E-state index in [4.69, 9.17) is 18.9 Å². The molecule has 1 saturated carbocycles. The summed E-state index contributed by atoms with van der Waals surface area (Å²) in [6, 6.07) is 11.5. The number of phenols is 2. The minimum Gasteiger partial charge on any atom is -0.507 e. The summed E-state index contributed by atoms with van der Waals surface area (Å²) in [7, 11) is 0. The maximum absolute atomic E-state index is 13.7. The predicted molar refractivity (Wildman–Crippen MR) is 210 cm³/mol. The minimum atomic E-state index is -1.80. The number of rotatable bonds is 11. The van der Waals surface area contributed by atoms with Gasteiger partial charge in [-0.15, -0.1) is 0 Å². The number of benzene rings is 3. The van der Waals surface area contributed by atoms with Crippen molar-refractivity contribution in [2.45, 2.75) is 89.0 Å². The highest BCUT2D eigenvalue weighted by Gasteiger charge is 2.63. The van der Waals surface area contributed by atoms with Crippen molar-refractivity contribution in [3.05, 3.63) is 87.5 Å². The highest BCUT2D eigenvalue weighted by Crippen LogP contribution is 2.63. The lowest BCUT2D eigenvalue weighted by molar-refractivity contribution is -0.325. The maximum atomic E-state index is 13.7. The van der Waals surface area contributed by atoms with Crippen molar-refractivity contribution in [1.29, 1.82) is 0 Å². The number of aryl methyl sites for hydroxylation is 1. The molecule has 3 aromatic rings. The highest BCUT2D eigenvalue weighted by atomic mass is 16.7. The lowest BCUT2D eigenvalue weighted by Crippen LogP contribution is -2.69. The van der Waals surface area contributed by atoms with Crippen LogP contribution in [0.5, 0.6) is 17.2 Å². The smallest absolute Gasteiger partial charge is 0.335 e. The van der Waals surface area contributed by atoms with E-state index in [2.05, 4.69) is 13.0 Å². The molecule has 1 spiro atoms. The van der Waals surface area contributed by atoms with Crippen molar-refractivity contribution in [2.75, 3.05) is 33.0 Å². The number of allylic oxidation sites excluding steroid dienone is 2. The van der Waals surface area contributed by atoms with Crippen LogP contribution in [0.1, 0.15) is 77.3 Å². The van der Waals surface area contributed by atoms with E-state index >= 15 is 0 Å². The van der Waals surface area contributed by atoms with Crippen molar-refractivity contribution < 1.29 is 64.3 Å². The molecule has 2 saturated heterocycles. The fourth-order valence-corrected chi connectivity index (χ4v) is 10.9. The predicted octanol–water partition coefficient (Wildman–Crippen LogP) is 4.74. The van der Waals surface area contributed by atoms with E-state index < -0.39 is 60.1 Å². The largest absolute Gasteiger partial charge is 0.507 e. The van der Waals surface area contributed by atoms with Crippen molar-refractivity contribution in [1.82, 2.24) is 0 Å². The van der Waals surface area contributed by atoms with Crippen molar-refractivity contribution in [3.63, 3.8) is 0 Å². The van der Waals surface area contributed by atoms with Crippen LogP contribution in [0.3, 0.4) is 0 Å². The Labute approximate surface area is 336 Å². The van der Waals surface area contributed by atoms with Crippen LogP contribution in [0, 0.1) is 30.1 Å². The van der Waals surface area contributed by atoms with Gasteiger partial charge in [-0.05, 0) is 97.6 Å². The number of aliphatic hydroxyl groups is 4.